The molecule has 16 heavy (non-hydrogen) atoms. The first-order chi connectivity index (χ1) is 7.61. The van der Waals surface area contributed by atoms with Crippen LogP contribution < -0.4 is 0 Å². The molecule has 3 heteroatoms. The van der Waals surface area contributed by atoms with Crippen molar-refractivity contribution in [2.75, 3.05) is 0 Å². The zero-order valence-corrected chi connectivity index (χ0v) is 11.6. The summed E-state index contributed by atoms with van der Waals surface area (Å²) in [5.41, 5.74) is 0.913. The van der Waals surface area contributed by atoms with Gasteiger partial charge in [-0.3, -0.25) is 4.79 Å². The molecule has 0 aromatic heterocycles. The van der Waals surface area contributed by atoms with E-state index in [1.807, 2.05) is 30.3 Å². The average molecular weight is 332 g/mol. The van der Waals surface area contributed by atoms with Crippen molar-refractivity contribution >= 4 is 28.6 Å². The fourth-order valence-corrected chi connectivity index (χ4v) is 2.16. The van der Waals surface area contributed by atoms with Crippen LogP contribution in [0, 0.1) is 0 Å². The van der Waals surface area contributed by atoms with Gasteiger partial charge >= 0.3 is 5.97 Å². The van der Waals surface area contributed by atoms with E-state index in [0.717, 1.165) is 24.8 Å². The Morgan fingerprint density at radius 3 is 2.44 bits per heavy atom. The highest BCUT2D eigenvalue weighted by Gasteiger charge is 2.18. The molecule has 0 fully saturated rings. The van der Waals surface area contributed by atoms with Crippen molar-refractivity contribution in [2.24, 2.45) is 0 Å². The average Bonchev–Trinajstić information content (AvgIpc) is 2.25. The minimum Gasteiger partial charge on any atom is -0.481 e. The summed E-state index contributed by atoms with van der Waals surface area (Å²) in [6.07, 6.45) is 2.78. The van der Waals surface area contributed by atoms with Crippen molar-refractivity contribution in [2.45, 2.75) is 36.0 Å². The van der Waals surface area contributed by atoms with Crippen LogP contribution in [0.1, 0.15) is 37.7 Å². The third-order valence-corrected chi connectivity index (χ3v) is 3.22. The molecular formula is C13H17IO2. The summed E-state index contributed by atoms with van der Waals surface area (Å²) in [4.78, 5) is 11.2. The highest BCUT2D eigenvalue weighted by Crippen LogP contribution is 2.23. The van der Waals surface area contributed by atoms with Crippen LogP contribution in [0.3, 0.4) is 0 Å². The number of halogens is 1. The van der Waals surface area contributed by atoms with E-state index in [1.54, 1.807) is 0 Å². The number of alkyl halides is 1. The van der Waals surface area contributed by atoms with E-state index in [-0.39, 0.29) is 5.92 Å². The zero-order chi connectivity index (χ0) is 12.0. The van der Waals surface area contributed by atoms with Crippen molar-refractivity contribution < 1.29 is 9.90 Å². The first-order valence-corrected chi connectivity index (χ1v) is 6.77. The van der Waals surface area contributed by atoms with E-state index >= 15 is 0 Å². The summed E-state index contributed by atoms with van der Waals surface area (Å²) >= 11 is 2.37. The lowest BCUT2D eigenvalue weighted by Crippen LogP contribution is -2.11. The van der Waals surface area contributed by atoms with Crippen LogP contribution in [0.25, 0.3) is 0 Å². The van der Waals surface area contributed by atoms with Gasteiger partial charge in [-0.25, -0.2) is 0 Å². The Labute approximate surface area is 110 Å². The molecule has 1 N–H and O–H groups in total. The van der Waals surface area contributed by atoms with Gasteiger partial charge in [-0.1, -0.05) is 66.3 Å². The van der Waals surface area contributed by atoms with Crippen LogP contribution >= 0.6 is 22.6 Å². The van der Waals surface area contributed by atoms with Gasteiger partial charge < -0.3 is 5.11 Å². The van der Waals surface area contributed by atoms with Crippen LogP contribution in [-0.2, 0) is 4.79 Å². The summed E-state index contributed by atoms with van der Waals surface area (Å²) in [5.74, 6) is -1.07. The highest BCUT2D eigenvalue weighted by atomic mass is 127. The van der Waals surface area contributed by atoms with Crippen LogP contribution in [0.5, 0.6) is 0 Å². The van der Waals surface area contributed by atoms with Crippen LogP contribution in [0.2, 0.25) is 0 Å². The molecule has 0 amide bonds. The number of carboxylic acid groups (broad SMARTS) is 1. The van der Waals surface area contributed by atoms with E-state index < -0.39 is 5.97 Å². The van der Waals surface area contributed by atoms with Gasteiger partial charge in [-0.15, -0.1) is 0 Å². The SMILES string of the molecule is CC(I)CCCC(C(=O)O)c1ccccc1. The van der Waals surface area contributed by atoms with Crippen LogP contribution in [0.4, 0.5) is 0 Å². The molecule has 0 radical (unpaired) electrons. The van der Waals surface area contributed by atoms with Gasteiger partial charge in [0.25, 0.3) is 0 Å². The molecule has 88 valence electrons. The number of benzene rings is 1. The van der Waals surface area contributed by atoms with Crippen LogP contribution in [0.15, 0.2) is 30.3 Å². The highest BCUT2D eigenvalue weighted by molar-refractivity contribution is 14.1. The topological polar surface area (TPSA) is 37.3 Å². The maximum absolute atomic E-state index is 11.2. The predicted octanol–water partition coefficient (Wildman–Crippen LogP) is 3.85. The standard InChI is InChI=1S/C13H17IO2/c1-10(14)6-5-9-12(13(15)16)11-7-3-2-4-8-11/h2-4,7-8,10,12H,5-6,9H2,1H3,(H,15,16). The van der Waals surface area contributed by atoms with Crippen molar-refractivity contribution in [3.05, 3.63) is 35.9 Å². The molecule has 2 atom stereocenters. The molecule has 1 aromatic carbocycles. The Morgan fingerprint density at radius 1 is 1.31 bits per heavy atom. The largest absolute Gasteiger partial charge is 0.481 e. The smallest absolute Gasteiger partial charge is 0.310 e. The van der Waals surface area contributed by atoms with Gasteiger partial charge in [0.2, 0.25) is 0 Å². The van der Waals surface area contributed by atoms with Gasteiger partial charge in [0.05, 0.1) is 5.92 Å². The molecule has 0 saturated carbocycles. The van der Waals surface area contributed by atoms with Crippen LogP contribution in [-0.4, -0.2) is 15.0 Å². The first-order valence-electron chi connectivity index (χ1n) is 5.53. The van der Waals surface area contributed by atoms with E-state index in [9.17, 15) is 9.90 Å². The molecule has 2 unspecified atom stereocenters. The van der Waals surface area contributed by atoms with Crippen molar-refractivity contribution in [1.29, 1.82) is 0 Å². The second-order valence-corrected chi connectivity index (χ2v) is 6.14. The lowest BCUT2D eigenvalue weighted by atomic mass is 9.93. The zero-order valence-electron chi connectivity index (χ0n) is 9.40. The van der Waals surface area contributed by atoms with E-state index in [4.69, 9.17) is 0 Å². The predicted molar refractivity (Wildman–Crippen MR) is 74.2 cm³/mol. The quantitative estimate of drug-likeness (QED) is 0.635. The van der Waals surface area contributed by atoms with Gasteiger partial charge in [0.1, 0.15) is 0 Å². The van der Waals surface area contributed by atoms with E-state index in [1.165, 1.54) is 0 Å². The number of hydrogen-bond donors (Lipinski definition) is 1. The normalized spacial score (nSPS) is 14.4. The van der Waals surface area contributed by atoms with Crippen molar-refractivity contribution in [3.63, 3.8) is 0 Å². The van der Waals surface area contributed by atoms with Gasteiger partial charge in [-0.2, -0.15) is 0 Å². The lowest BCUT2D eigenvalue weighted by Gasteiger charge is -2.12. The maximum atomic E-state index is 11.2. The Hall–Kier alpha value is -0.580. The minimum absolute atomic E-state index is 0.351. The van der Waals surface area contributed by atoms with Gasteiger partial charge in [0.15, 0.2) is 0 Å². The summed E-state index contributed by atoms with van der Waals surface area (Å²) in [5, 5.41) is 9.19. The maximum Gasteiger partial charge on any atom is 0.310 e. The molecule has 0 heterocycles. The molecule has 1 rings (SSSR count). The van der Waals surface area contributed by atoms with E-state index in [0.29, 0.717) is 3.92 Å². The van der Waals surface area contributed by atoms with Crippen molar-refractivity contribution in [1.82, 2.24) is 0 Å². The second kappa shape index (κ2) is 6.89. The van der Waals surface area contributed by atoms with Crippen molar-refractivity contribution in [3.8, 4) is 0 Å². The Morgan fingerprint density at radius 2 is 1.94 bits per heavy atom. The number of carbonyl (C=O) groups is 1. The monoisotopic (exact) mass is 332 g/mol. The second-order valence-electron chi connectivity index (χ2n) is 4.01. The Bertz CT molecular complexity index is 322. The molecule has 0 aliphatic carbocycles. The number of rotatable bonds is 6. The number of carboxylic acids is 1. The first kappa shape index (κ1) is 13.5. The third-order valence-electron chi connectivity index (χ3n) is 2.59. The minimum atomic E-state index is -0.715. The fraction of sp³-hybridized carbons (Fsp3) is 0.462. The molecular weight excluding hydrogens is 315 g/mol. The molecule has 1 aromatic rings. The number of aliphatic carboxylic acids is 1. The molecule has 0 saturated heterocycles. The van der Waals surface area contributed by atoms with Gasteiger partial charge in [-0.05, 0) is 18.4 Å². The Balaban J connectivity index is 2.59. The third kappa shape index (κ3) is 4.51. The molecule has 0 bridgehead atoms. The lowest BCUT2D eigenvalue weighted by molar-refractivity contribution is -0.139. The fourth-order valence-electron chi connectivity index (χ4n) is 1.72. The summed E-state index contributed by atoms with van der Waals surface area (Å²) in [7, 11) is 0. The van der Waals surface area contributed by atoms with E-state index in [2.05, 4.69) is 29.5 Å². The molecule has 0 spiro atoms. The number of hydrogen-bond acceptors (Lipinski definition) is 1. The van der Waals surface area contributed by atoms with Gasteiger partial charge in [0, 0.05) is 3.92 Å². The summed E-state index contributed by atoms with van der Waals surface area (Å²) in [6, 6.07) is 9.49. The Kier molecular flexibility index (Phi) is 5.80. The molecule has 2 nitrogen and oxygen atoms in total. The molecule has 0 aliphatic rings. The molecule has 0 aliphatic heterocycles. The summed E-state index contributed by atoms with van der Waals surface area (Å²) < 4.78 is 0.614. The summed E-state index contributed by atoms with van der Waals surface area (Å²) in [6.45, 7) is 2.15.